The van der Waals surface area contributed by atoms with Gasteiger partial charge in [0.1, 0.15) is 5.69 Å². The summed E-state index contributed by atoms with van der Waals surface area (Å²) in [5, 5.41) is 0. The number of aryl methyl sites for hydroxylation is 1. The van der Waals surface area contributed by atoms with Gasteiger partial charge in [0.2, 0.25) is 6.79 Å². The van der Waals surface area contributed by atoms with Crippen molar-refractivity contribution >= 4 is 57.2 Å². The van der Waals surface area contributed by atoms with Crippen molar-refractivity contribution in [1.82, 2.24) is 0 Å². The second kappa shape index (κ2) is 13.3. The van der Waals surface area contributed by atoms with E-state index in [9.17, 15) is 0 Å². The number of hydrogen-bond acceptors (Lipinski definition) is 4. The van der Waals surface area contributed by atoms with Crippen LogP contribution in [0.25, 0.3) is 11.1 Å². The molecule has 0 N–H and O–H groups in total. The minimum absolute atomic E-state index is 0.00337. The Morgan fingerprint density at radius 2 is 1.14 bits per heavy atom. The van der Waals surface area contributed by atoms with E-state index in [2.05, 4.69) is 196 Å². The fourth-order valence-corrected chi connectivity index (χ4v) is 11.9. The van der Waals surface area contributed by atoms with Crippen molar-refractivity contribution in [2.45, 2.75) is 136 Å². The third kappa shape index (κ3) is 6.00. The van der Waals surface area contributed by atoms with Gasteiger partial charge in [0.25, 0.3) is 6.71 Å². The molecule has 11 rings (SSSR count). The molecule has 0 saturated heterocycles. The first-order chi connectivity index (χ1) is 29.7. The Balaban J connectivity index is 1.28. The monoisotopic (exact) mass is 830 g/mol. The maximum Gasteiger partial charge on any atom is 0.252 e. The lowest BCUT2D eigenvalue weighted by Crippen LogP contribution is -2.62. The lowest BCUT2D eigenvalue weighted by Gasteiger charge is -2.48. The van der Waals surface area contributed by atoms with Gasteiger partial charge >= 0.3 is 0 Å². The number of benzene rings is 6. The molecule has 3 heterocycles. The molecule has 5 aliphatic rings. The van der Waals surface area contributed by atoms with Crippen molar-refractivity contribution < 1.29 is 9.47 Å². The van der Waals surface area contributed by atoms with Crippen LogP contribution in [0.5, 0.6) is 11.5 Å². The van der Waals surface area contributed by atoms with Gasteiger partial charge in [-0.25, -0.2) is 0 Å². The van der Waals surface area contributed by atoms with E-state index in [4.69, 9.17) is 9.47 Å². The van der Waals surface area contributed by atoms with E-state index < -0.39 is 0 Å². The van der Waals surface area contributed by atoms with Crippen LogP contribution in [0.2, 0.25) is 0 Å². The van der Waals surface area contributed by atoms with E-state index in [-0.39, 0.29) is 40.6 Å². The molecule has 0 amide bonds. The predicted octanol–water partition coefficient (Wildman–Crippen LogP) is 13.5. The Morgan fingerprint density at radius 3 is 1.81 bits per heavy atom. The SMILES string of the molecule is Cc1cc2c3c(c1)N(c1c(-c4ccccc4)ccc4c1OCO4)c1ccc(C(C)(C)C)cc1B3c1cc3c(cc1N2c1ccc2c(c1)C(C)(C)CCC2(C)C)C(C)(C)CCC3(C)C. The van der Waals surface area contributed by atoms with Crippen molar-refractivity contribution in [3.63, 3.8) is 0 Å². The fourth-order valence-electron chi connectivity index (χ4n) is 11.9. The molecule has 5 heteroatoms. The Labute approximate surface area is 376 Å². The van der Waals surface area contributed by atoms with Crippen LogP contribution < -0.4 is 35.7 Å². The summed E-state index contributed by atoms with van der Waals surface area (Å²) in [5.74, 6) is 1.57. The molecule has 4 nitrogen and oxygen atoms in total. The van der Waals surface area contributed by atoms with Crippen LogP contribution in [0.1, 0.15) is 135 Å². The third-order valence-electron chi connectivity index (χ3n) is 16.0. The molecule has 0 atom stereocenters. The molecule has 0 fully saturated rings. The van der Waals surface area contributed by atoms with Crippen LogP contribution in [0.15, 0.2) is 103 Å². The lowest BCUT2D eigenvalue weighted by atomic mass is 9.33. The molecular weight excluding hydrogens is 767 g/mol. The van der Waals surface area contributed by atoms with Gasteiger partial charge < -0.3 is 19.3 Å². The standard InChI is InChI=1S/C58H63BN2O2/c1-35-28-48-51-49(29-35)61(52-39(36-16-14-13-15-17-36)20-23-50-53(52)63-34-62-50)46-22-18-37(54(2,3)4)30-44(46)59(51)45-32-42-43(58(11,12)27-26-57(42,9)10)33-47(45)60(48)38-19-21-40-41(31-38)56(7,8)25-24-55(40,5)6/h13-23,28-33H,24-27,34H2,1-12H3. The van der Waals surface area contributed by atoms with Crippen LogP contribution in [-0.2, 0) is 27.1 Å². The van der Waals surface area contributed by atoms with Crippen LogP contribution in [-0.4, -0.2) is 13.5 Å². The predicted molar refractivity (Wildman–Crippen MR) is 266 cm³/mol. The lowest BCUT2D eigenvalue weighted by molar-refractivity contribution is 0.174. The number of ether oxygens (including phenoxy) is 2. The van der Waals surface area contributed by atoms with Crippen molar-refractivity contribution in [2.24, 2.45) is 0 Å². The third-order valence-corrected chi connectivity index (χ3v) is 16.0. The van der Waals surface area contributed by atoms with Crippen molar-refractivity contribution in [3.8, 4) is 22.6 Å². The maximum atomic E-state index is 6.55. The first-order valence-corrected chi connectivity index (χ1v) is 23.5. The first-order valence-electron chi connectivity index (χ1n) is 23.5. The summed E-state index contributed by atoms with van der Waals surface area (Å²) in [6.45, 7) is 29.2. The van der Waals surface area contributed by atoms with E-state index >= 15 is 0 Å². The van der Waals surface area contributed by atoms with E-state index in [0.29, 0.717) is 0 Å². The molecule has 0 saturated carbocycles. The molecule has 2 aliphatic carbocycles. The second-order valence-corrected chi connectivity index (χ2v) is 23.1. The number of hydrogen-bond donors (Lipinski definition) is 0. The quantitative estimate of drug-likeness (QED) is 0.166. The average molecular weight is 831 g/mol. The fraction of sp³-hybridized carbons (Fsp3) is 0.379. The molecule has 0 bridgehead atoms. The van der Waals surface area contributed by atoms with Crippen molar-refractivity contribution in [2.75, 3.05) is 16.6 Å². The molecule has 0 unspecified atom stereocenters. The van der Waals surface area contributed by atoms with Crippen LogP contribution in [0.4, 0.5) is 34.1 Å². The van der Waals surface area contributed by atoms with Crippen LogP contribution >= 0.6 is 0 Å². The Morgan fingerprint density at radius 1 is 0.540 bits per heavy atom. The topological polar surface area (TPSA) is 24.9 Å². The number of fused-ring (bicyclic) bond motifs is 7. The number of nitrogens with zero attached hydrogens (tertiary/aromatic N) is 2. The van der Waals surface area contributed by atoms with Gasteiger partial charge in [0.15, 0.2) is 11.5 Å². The summed E-state index contributed by atoms with van der Waals surface area (Å²) in [7, 11) is 0. The molecule has 6 aromatic rings. The molecule has 320 valence electrons. The largest absolute Gasteiger partial charge is 0.454 e. The normalized spacial score (nSPS) is 19.1. The molecular formula is C58H63BN2O2. The number of anilines is 6. The highest BCUT2D eigenvalue weighted by Gasteiger charge is 2.48. The van der Waals surface area contributed by atoms with Gasteiger partial charge in [-0.15, -0.1) is 0 Å². The summed E-state index contributed by atoms with van der Waals surface area (Å²) in [4.78, 5) is 5.20. The second-order valence-electron chi connectivity index (χ2n) is 23.1. The van der Waals surface area contributed by atoms with Gasteiger partial charge in [-0.1, -0.05) is 131 Å². The maximum absolute atomic E-state index is 6.55. The summed E-state index contributed by atoms with van der Waals surface area (Å²) >= 11 is 0. The van der Waals surface area contributed by atoms with Crippen molar-refractivity contribution in [3.05, 3.63) is 137 Å². The zero-order valence-corrected chi connectivity index (χ0v) is 39.6. The molecule has 63 heavy (non-hydrogen) atoms. The van der Waals surface area contributed by atoms with Gasteiger partial charge in [0, 0.05) is 34.0 Å². The van der Waals surface area contributed by atoms with E-state index in [1.54, 1.807) is 0 Å². The van der Waals surface area contributed by atoms with Gasteiger partial charge in [-0.2, -0.15) is 0 Å². The summed E-state index contributed by atoms with van der Waals surface area (Å²) in [5.41, 5.74) is 22.3. The number of rotatable bonds is 3. The first kappa shape index (κ1) is 40.4. The molecule has 3 aliphatic heterocycles. The van der Waals surface area contributed by atoms with E-state index in [1.165, 1.54) is 104 Å². The summed E-state index contributed by atoms with van der Waals surface area (Å²) in [6.07, 6.45) is 4.70. The molecule has 6 aromatic carbocycles. The average Bonchev–Trinajstić information content (AvgIpc) is 3.73. The van der Waals surface area contributed by atoms with E-state index in [1.807, 2.05) is 0 Å². The summed E-state index contributed by atoms with van der Waals surface area (Å²) in [6, 6.07) is 40.1. The van der Waals surface area contributed by atoms with Crippen LogP contribution in [0, 0.1) is 6.92 Å². The summed E-state index contributed by atoms with van der Waals surface area (Å²) < 4.78 is 12.7. The highest BCUT2D eigenvalue weighted by Crippen LogP contribution is 2.56. The van der Waals surface area contributed by atoms with Crippen LogP contribution in [0.3, 0.4) is 0 Å². The zero-order chi connectivity index (χ0) is 44.2. The highest BCUT2D eigenvalue weighted by atomic mass is 16.7. The minimum Gasteiger partial charge on any atom is -0.454 e. The van der Waals surface area contributed by atoms with E-state index in [0.717, 1.165) is 28.3 Å². The van der Waals surface area contributed by atoms with Gasteiger partial charge in [-0.3, -0.25) is 0 Å². The zero-order valence-electron chi connectivity index (χ0n) is 39.6. The smallest absolute Gasteiger partial charge is 0.252 e. The van der Waals surface area contributed by atoms with Gasteiger partial charge in [-0.05, 0) is 164 Å². The molecule has 0 aromatic heterocycles. The Kier molecular flexibility index (Phi) is 8.53. The Hall–Kier alpha value is -5.42. The minimum atomic E-state index is -0.0501. The van der Waals surface area contributed by atoms with Gasteiger partial charge in [0.05, 0.1) is 0 Å². The highest BCUT2D eigenvalue weighted by molar-refractivity contribution is 7.00. The molecule has 0 spiro atoms. The Bertz CT molecular complexity index is 2900. The molecule has 0 radical (unpaired) electrons. The van der Waals surface area contributed by atoms with Crippen molar-refractivity contribution in [1.29, 1.82) is 0 Å².